The summed E-state index contributed by atoms with van der Waals surface area (Å²) in [6.45, 7) is 7.10. The maximum atomic E-state index is 11.5. The normalized spacial score (nSPS) is 19.6. The zero-order chi connectivity index (χ0) is 10.7. The van der Waals surface area contributed by atoms with E-state index in [0.717, 1.165) is 11.3 Å². The molecule has 0 saturated heterocycles. The van der Waals surface area contributed by atoms with Gasteiger partial charge in [-0.05, 0) is 25.5 Å². The Morgan fingerprint density at radius 3 is 2.71 bits per heavy atom. The molecule has 0 aromatic rings. The molecule has 0 saturated carbocycles. The predicted octanol–water partition coefficient (Wildman–Crippen LogP) is 1.57. The third-order valence-electron chi connectivity index (χ3n) is 2.14. The standard InChI is InChI=1S/C11H15NO2/c1-4-6-10-9(5-2)7-11(14)12(10)8(3)13/h4-6,8,13H,2,7H2,1,3H3/b6-4-. The van der Waals surface area contributed by atoms with Crippen molar-refractivity contribution >= 4 is 5.91 Å². The number of amides is 1. The van der Waals surface area contributed by atoms with Gasteiger partial charge in [0.05, 0.1) is 6.42 Å². The third kappa shape index (κ3) is 1.77. The highest BCUT2D eigenvalue weighted by Crippen LogP contribution is 2.27. The van der Waals surface area contributed by atoms with Gasteiger partial charge in [0.2, 0.25) is 5.91 Å². The number of carbonyl (C=O) groups is 1. The first kappa shape index (κ1) is 10.7. The number of aliphatic hydroxyl groups is 1. The van der Waals surface area contributed by atoms with Crippen LogP contribution in [0.3, 0.4) is 0 Å². The summed E-state index contributed by atoms with van der Waals surface area (Å²) >= 11 is 0. The average Bonchev–Trinajstić information content (AvgIpc) is 2.43. The fourth-order valence-corrected chi connectivity index (χ4v) is 1.56. The molecule has 0 aliphatic carbocycles. The Balaban J connectivity index is 3.10. The van der Waals surface area contributed by atoms with Gasteiger partial charge in [-0.1, -0.05) is 18.7 Å². The molecule has 1 unspecified atom stereocenters. The van der Waals surface area contributed by atoms with E-state index in [1.165, 1.54) is 4.90 Å². The van der Waals surface area contributed by atoms with Gasteiger partial charge in [0.25, 0.3) is 0 Å². The van der Waals surface area contributed by atoms with E-state index in [1.807, 2.05) is 19.1 Å². The highest BCUT2D eigenvalue weighted by Gasteiger charge is 2.29. The molecule has 1 rings (SSSR count). The van der Waals surface area contributed by atoms with Gasteiger partial charge in [0.15, 0.2) is 0 Å². The minimum Gasteiger partial charge on any atom is -0.373 e. The van der Waals surface area contributed by atoms with Crippen LogP contribution in [0.4, 0.5) is 0 Å². The number of hydrogen-bond acceptors (Lipinski definition) is 2. The van der Waals surface area contributed by atoms with Gasteiger partial charge in [-0.15, -0.1) is 0 Å². The minimum atomic E-state index is -0.786. The number of hydrogen-bond donors (Lipinski definition) is 1. The molecule has 0 aromatic carbocycles. The van der Waals surface area contributed by atoms with Crippen LogP contribution in [0.2, 0.25) is 0 Å². The van der Waals surface area contributed by atoms with Crippen LogP contribution in [0, 0.1) is 0 Å². The second-order valence-electron chi connectivity index (χ2n) is 3.19. The molecule has 3 nitrogen and oxygen atoms in total. The van der Waals surface area contributed by atoms with E-state index in [9.17, 15) is 9.90 Å². The Labute approximate surface area is 84.0 Å². The van der Waals surface area contributed by atoms with E-state index in [-0.39, 0.29) is 5.91 Å². The Morgan fingerprint density at radius 2 is 2.29 bits per heavy atom. The molecule has 1 aliphatic rings. The van der Waals surface area contributed by atoms with Crippen LogP contribution >= 0.6 is 0 Å². The number of allylic oxidation sites excluding steroid dienone is 3. The lowest BCUT2D eigenvalue weighted by Gasteiger charge is -2.21. The maximum absolute atomic E-state index is 11.5. The minimum absolute atomic E-state index is 0.0806. The van der Waals surface area contributed by atoms with E-state index in [4.69, 9.17) is 0 Å². The first-order valence-corrected chi connectivity index (χ1v) is 4.60. The van der Waals surface area contributed by atoms with Crippen molar-refractivity contribution in [3.8, 4) is 0 Å². The van der Waals surface area contributed by atoms with E-state index >= 15 is 0 Å². The van der Waals surface area contributed by atoms with Gasteiger partial charge >= 0.3 is 0 Å². The average molecular weight is 193 g/mol. The molecule has 3 heteroatoms. The van der Waals surface area contributed by atoms with Crippen molar-refractivity contribution in [3.05, 3.63) is 36.1 Å². The van der Waals surface area contributed by atoms with Gasteiger partial charge in [-0.2, -0.15) is 0 Å². The molecule has 0 aromatic heterocycles. The van der Waals surface area contributed by atoms with E-state index in [0.29, 0.717) is 6.42 Å². The summed E-state index contributed by atoms with van der Waals surface area (Å²) in [7, 11) is 0. The second kappa shape index (κ2) is 4.24. The molecular formula is C11H15NO2. The summed E-state index contributed by atoms with van der Waals surface area (Å²) in [6.07, 6.45) is 4.86. The van der Waals surface area contributed by atoms with Gasteiger partial charge in [-0.25, -0.2) is 0 Å². The Kier molecular flexibility index (Phi) is 3.25. The molecule has 1 amide bonds. The van der Waals surface area contributed by atoms with Crippen molar-refractivity contribution < 1.29 is 9.90 Å². The molecule has 1 N–H and O–H groups in total. The number of aliphatic hydroxyl groups excluding tert-OH is 1. The first-order chi connectivity index (χ1) is 6.61. The van der Waals surface area contributed by atoms with Crippen LogP contribution in [0.5, 0.6) is 0 Å². The van der Waals surface area contributed by atoms with Crippen LogP contribution < -0.4 is 0 Å². The van der Waals surface area contributed by atoms with Crippen molar-refractivity contribution in [2.75, 3.05) is 0 Å². The number of nitrogens with zero attached hydrogens (tertiary/aromatic N) is 1. The van der Waals surface area contributed by atoms with Gasteiger partial charge in [0.1, 0.15) is 6.23 Å². The van der Waals surface area contributed by atoms with Crippen molar-refractivity contribution in [1.29, 1.82) is 0 Å². The molecule has 1 aliphatic heterocycles. The van der Waals surface area contributed by atoms with Crippen LogP contribution in [0.25, 0.3) is 0 Å². The number of carbonyl (C=O) groups excluding carboxylic acids is 1. The summed E-state index contributed by atoms with van der Waals surface area (Å²) in [5, 5.41) is 9.44. The summed E-state index contributed by atoms with van der Waals surface area (Å²) < 4.78 is 0. The predicted molar refractivity (Wildman–Crippen MR) is 55.2 cm³/mol. The SMILES string of the molecule is C=CC1=C(/C=C\C)N(C(C)O)C(=O)C1. The molecular weight excluding hydrogens is 178 g/mol. The van der Waals surface area contributed by atoms with Crippen LogP contribution in [-0.4, -0.2) is 22.1 Å². The monoisotopic (exact) mass is 193 g/mol. The van der Waals surface area contributed by atoms with Gasteiger partial charge in [0, 0.05) is 5.70 Å². The lowest BCUT2D eigenvalue weighted by atomic mass is 10.2. The van der Waals surface area contributed by atoms with Crippen LogP contribution in [0.1, 0.15) is 20.3 Å². The summed E-state index contributed by atoms with van der Waals surface area (Å²) in [4.78, 5) is 12.9. The van der Waals surface area contributed by atoms with Crippen LogP contribution in [-0.2, 0) is 4.79 Å². The highest BCUT2D eigenvalue weighted by molar-refractivity contribution is 5.86. The van der Waals surface area contributed by atoms with Crippen molar-refractivity contribution in [2.24, 2.45) is 0 Å². The summed E-state index contributed by atoms with van der Waals surface area (Å²) in [5.41, 5.74) is 1.62. The van der Waals surface area contributed by atoms with Crippen LogP contribution in [0.15, 0.2) is 36.1 Å². The fourth-order valence-electron chi connectivity index (χ4n) is 1.56. The largest absolute Gasteiger partial charge is 0.373 e. The molecule has 0 spiro atoms. The fraction of sp³-hybridized carbons (Fsp3) is 0.364. The van der Waals surface area contributed by atoms with Gasteiger partial charge in [-0.3, -0.25) is 9.69 Å². The van der Waals surface area contributed by atoms with Crippen molar-refractivity contribution in [3.63, 3.8) is 0 Å². The molecule has 14 heavy (non-hydrogen) atoms. The third-order valence-corrected chi connectivity index (χ3v) is 2.14. The van der Waals surface area contributed by atoms with E-state index in [2.05, 4.69) is 6.58 Å². The zero-order valence-corrected chi connectivity index (χ0v) is 8.53. The second-order valence-corrected chi connectivity index (χ2v) is 3.19. The lowest BCUT2D eigenvalue weighted by Crippen LogP contribution is -2.33. The van der Waals surface area contributed by atoms with Crippen molar-refractivity contribution in [1.82, 2.24) is 4.90 Å². The highest BCUT2D eigenvalue weighted by atomic mass is 16.3. The molecule has 0 fully saturated rings. The molecule has 1 heterocycles. The quantitative estimate of drug-likeness (QED) is 0.739. The molecule has 76 valence electrons. The summed E-state index contributed by atoms with van der Waals surface area (Å²) in [5.74, 6) is -0.0806. The lowest BCUT2D eigenvalue weighted by molar-refractivity contribution is -0.133. The van der Waals surface area contributed by atoms with E-state index < -0.39 is 6.23 Å². The smallest absolute Gasteiger partial charge is 0.233 e. The number of rotatable bonds is 3. The molecule has 0 radical (unpaired) electrons. The molecule has 1 atom stereocenters. The first-order valence-electron chi connectivity index (χ1n) is 4.60. The Bertz CT molecular complexity index is 313. The maximum Gasteiger partial charge on any atom is 0.233 e. The Hall–Kier alpha value is -1.35. The zero-order valence-electron chi connectivity index (χ0n) is 8.53. The van der Waals surface area contributed by atoms with Crippen molar-refractivity contribution in [2.45, 2.75) is 26.5 Å². The van der Waals surface area contributed by atoms with Gasteiger partial charge < -0.3 is 5.11 Å². The summed E-state index contributed by atoms with van der Waals surface area (Å²) in [6, 6.07) is 0. The molecule has 0 bridgehead atoms. The Morgan fingerprint density at radius 1 is 1.64 bits per heavy atom. The van der Waals surface area contributed by atoms with E-state index in [1.54, 1.807) is 13.0 Å². The topological polar surface area (TPSA) is 40.5 Å².